The van der Waals surface area contributed by atoms with Crippen molar-refractivity contribution in [2.45, 2.75) is 36.8 Å². The molecule has 2 saturated heterocycles. The van der Waals surface area contributed by atoms with E-state index in [1.54, 1.807) is 0 Å². The maximum Gasteiger partial charge on any atom is 0.322 e. The Kier molecular flexibility index (Phi) is 1.55. The molecule has 0 unspecified atom stereocenters. The fraction of sp³-hybridized carbons (Fsp3) is 0.636. The fourth-order valence-electron chi connectivity index (χ4n) is 4.26. The monoisotopic (exact) mass is 264 g/mol. The van der Waals surface area contributed by atoms with E-state index in [2.05, 4.69) is 21.3 Å². The van der Waals surface area contributed by atoms with Gasteiger partial charge < -0.3 is 10.6 Å². The lowest BCUT2D eigenvalue weighted by Crippen LogP contribution is -2.73. The highest BCUT2D eigenvalue weighted by Crippen LogP contribution is 2.65. The Morgan fingerprint density at radius 2 is 1.05 bits per heavy atom. The summed E-state index contributed by atoms with van der Waals surface area (Å²) in [5.41, 5.74) is -1.71. The van der Waals surface area contributed by atoms with Gasteiger partial charge in [0.2, 0.25) is 0 Å². The molecule has 4 rings (SSSR count). The summed E-state index contributed by atoms with van der Waals surface area (Å²) in [5, 5.41) is 9.77. The maximum atomic E-state index is 11.7. The van der Waals surface area contributed by atoms with E-state index in [9.17, 15) is 19.2 Å². The van der Waals surface area contributed by atoms with Crippen LogP contribution in [0.25, 0.3) is 0 Å². The van der Waals surface area contributed by atoms with Crippen LogP contribution < -0.4 is 21.3 Å². The van der Waals surface area contributed by atoms with E-state index >= 15 is 0 Å². The quantitative estimate of drug-likeness (QED) is 0.407. The Labute approximate surface area is 107 Å². The molecule has 0 atom stereocenters. The van der Waals surface area contributed by atoms with E-state index in [1.807, 2.05) is 0 Å². The first-order chi connectivity index (χ1) is 8.87. The molecule has 3 spiro atoms. The molecule has 4 N–H and O–H groups in total. The summed E-state index contributed by atoms with van der Waals surface area (Å²) in [4.78, 5) is 45.7. The van der Waals surface area contributed by atoms with Crippen molar-refractivity contribution in [3.05, 3.63) is 0 Å². The minimum Gasteiger partial charge on any atom is -0.323 e. The number of hydrogen-bond donors (Lipinski definition) is 4. The Hall–Kier alpha value is -2.12. The molecule has 19 heavy (non-hydrogen) atoms. The average Bonchev–Trinajstić information content (AvgIpc) is 2.63. The first kappa shape index (κ1) is 10.8. The van der Waals surface area contributed by atoms with Gasteiger partial charge in [0.25, 0.3) is 11.8 Å². The predicted molar refractivity (Wildman–Crippen MR) is 59.7 cm³/mol. The van der Waals surface area contributed by atoms with Crippen LogP contribution in [0.2, 0.25) is 0 Å². The van der Waals surface area contributed by atoms with Crippen LogP contribution in [-0.2, 0) is 9.59 Å². The standard InChI is InChI=1S/C11H12N4O4/c16-5-10(14-7(18)12-5)1-9(2-10)3-11(4-9)6(17)13-8(19)15-11/h1-4H2,(H2,12,14,16,18)(H2,13,15,17,19). The van der Waals surface area contributed by atoms with Crippen LogP contribution in [0.1, 0.15) is 25.7 Å². The number of hydrogen-bond acceptors (Lipinski definition) is 4. The van der Waals surface area contributed by atoms with Gasteiger partial charge in [-0.3, -0.25) is 20.2 Å². The van der Waals surface area contributed by atoms with E-state index in [1.165, 1.54) is 0 Å². The van der Waals surface area contributed by atoms with Crippen LogP contribution in [0.5, 0.6) is 0 Å². The van der Waals surface area contributed by atoms with Gasteiger partial charge in [0, 0.05) is 0 Å². The van der Waals surface area contributed by atoms with Crippen LogP contribution in [0.15, 0.2) is 0 Å². The van der Waals surface area contributed by atoms with Crippen molar-refractivity contribution in [2.75, 3.05) is 0 Å². The third-order valence-electron chi connectivity index (χ3n) is 4.74. The van der Waals surface area contributed by atoms with Gasteiger partial charge in [-0.05, 0) is 31.1 Å². The van der Waals surface area contributed by atoms with Gasteiger partial charge in [-0.2, -0.15) is 0 Å². The van der Waals surface area contributed by atoms with E-state index in [4.69, 9.17) is 0 Å². The molecule has 0 aromatic rings. The first-order valence-electron chi connectivity index (χ1n) is 6.14. The highest BCUT2D eigenvalue weighted by Gasteiger charge is 2.72. The molecule has 100 valence electrons. The molecule has 4 fully saturated rings. The summed E-state index contributed by atoms with van der Waals surface area (Å²) >= 11 is 0. The topological polar surface area (TPSA) is 116 Å². The van der Waals surface area contributed by atoms with Crippen molar-refractivity contribution in [1.29, 1.82) is 0 Å². The van der Waals surface area contributed by atoms with Crippen molar-refractivity contribution in [3.63, 3.8) is 0 Å². The number of carbonyl (C=O) groups excluding carboxylic acids is 4. The van der Waals surface area contributed by atoms with Gasteiger partial charge >= 0.3 is 12.1 Å². The molecule has 0 aromatic heterocycles. The zero-order valence-corrected chi connectivity index (χ0v) is 9.96. The molecular weight excluding hydrogens is 252 g/mol. The van der Waals surface area contributed by atoms with Gasteiger partial charge in [0.1, 0.15) is 11.1 Å². The first-order valence-corrected chi connectivity index (χ1v) is 6.14. The van der Waals surface area contributed by atoms with Gasteiger partial charge in [-0.1, -0.05) is 0 Å². The Morgan fingerprint density at radius 1 is 0.684 bits per heavy atom. The van der Waals surface area contributed by atoms with Crippen molar-refractivity contribution < 1.29 is 19.2 Å². The Bertz CT molecular complexity index is 504. The predicted octanol–water partition coefficient (Wildman–Crippen LogP) is -1.28. The smallest absolute Gasteiger partial charge is 0.322 e. The largest absolute Gasteiger partial charge is 0.323 e. The third-order valence-corrected chi connectivity index (χ3v) is 4.74. The molecule has 0 aromatic carbocycles. The summed E-state index contributed by atoms with van der Waals surface area (Å²) in [6.07, 6.45) is 2.12. The molecule has 2 aliphatic carbocycles. The maximum absolute atomic E-state index is 11.7. The molecule has 2 heterocycles. The van der Waals surface area contributed by atoms with Gasteiger partial charge in [-0.15, -0.1) is 0 Å². The number of nitrogens with one attached hydrogen (secondary N) is 4. The number of urea groups is 2. The molecular formula is C11H12N4O4. The fourth-order valence-corrected chi connectivity index (χ4v) is 4.26. The average molecular weight is 264 g/mol. The van der Waals surface area contributed by atoms with Crippen molar-refractivity contribution >= 4 is 23.9 Å². The highest BCUT2D eigenvalue weighted by molar-refractivity contribution is 6.09. The zero-order chi connectivity index (χ0) is 13.5. The third kappa shape index (κ3) is 1.14. The van der Waals surface area contributed by atoms with Crippen LogP contribution in [0.4, 0.5) is 9.59 Å². The molecule has 6 amide bonds. The second-order valence-electron chi connectivity index (χ2n) is 6.19. The summed E-state index contributed by atoms with van der Waals surface area (Å²) in [6, 6.07) is -0.915. The molecule has 2 saturated carbocycles. The highest BCUT2D eigenvalue weighted by atomic mass is 16.2. The second kappa shape index (κ2) is 2.73. The molecule has 0 radical (unpaired) electrons. The lowest BCUT2D eigenvalue weighted by molar-refractivity contribution is -0.155. The summed E-state index contributed by atoms with van der Waals surface area (Å²) in [6.45, 7) is 0. The normalized spacial score (nSPS) is 46.7. The minimum absolute atomic E-state index is 0.121. The van der Waals surface area contributed by atoms with Crippen LogP contribution in [0.3, 0.4) is 0 Å². The Balaban J connectivity index is 1.48. The summed E-state index contributed by atoms with van der Waals surface area (Å²) in [7, 11) is 0. The molecule has 8 heteroatoms. The van der Waals surface area contributed by atoms with Crippen molar-refractivity contribution in [3.8, 4) is 0 Å². The summed E-state index contributed by atoms with van der Waals surface area (Å²) < 4.78 is 0. The van der Waals surface area contributed by atoms with Crippen LogP contribution >= 0.6 is 0 Å². The van der Waals surface area contributed by atoms with Crippen molar-refractivity contribution in [1.82, 2.24) is 21.3 Å². The lowest BCUT2D eigenvalue weighted by atomic mass is 9.43. The minimum atomic E-state index is -0.794. The number of carbonyl (C=O) groups is 4. The SMILES string of the molecule is O=C1NC(=O)C2(CC3(C2)CC2(C3)NC(=O)NC2=O)N1. The van der Waals surface area contributed by atoms with E-state index < -0.39 is 23.1 Å². The van der Waals surface area contributed by atoms with Gasteiger partial charge in [0.05, 0.1) is 0 Å². The molecule has 2 aliphatic heterocycles. The molecule has 0 bridgehead atoms. The zero-order valence-electron chi connectivity index (χ0n) is 9.96. The van der Waals surface area contributed by atoms with Crippen LogP contribution in [0, 0.1) is 5.41 Å². The van der Waals surface area contributed by atoms with E-state index in [-0.39, 0.29) is 17.2 Å². The summed E-state index contributed by atoms with van der Waals surface area (Å²) in [5.74, 6) is -0.576. The Morgan fingerprint density at radius 3 is 1.32 bits per heavy atom. The molecule has 8 nitrogen and oxygen atoms in total. The van der Waals surface area contributed by atoms with Gasteiger partial charge in [-0.25, -0.2) is 9.59 Å². The number of imide groups is 2. The van der Waals surface area contributed by atoms with E-state index in [0.717, 1.165) is 0 Å². The van der Waals surface area contributed by atoms with Crippen LogP contribution in [-0.4, -0.2) is 35.0 Å². The lowest BCUT2D eigenvalue weighted by Gasteiger charge is -2.63. The van der Waals surface area contributed by atoms with Gasteiger partial charge in [0.15, 0.2) is 0 Å². The van der Waals surface area contributed by atoms with Crippen molar-refractivity contribution in [2.24, 2.45) is 5.41 Å². The van der Waals surface area contributed by atoms with E-state index in [0.29, 0.717) is 25.7 Å². The number of rotatable bonds is 0. The number of amides is 6. The second-order valence-corrected chi connectivity index (χ2v) is 6.19. The molecule has 4 aliphatic rings.